The van der Waals surface area contributed by atoms with Gasteiger partial charge in [0.25, 0.3) is 5.69 Å². The summed E-state index contributed by atoms with van der Waals surface area (Å²) in [6.45, 7) is 4.59. The fraction of sp³-hybridized carbons (Fsp3) is 0.316. The van der Waals surface area contributed by atoms with E-state index in [1.165, 1.54) is 6.07 Å². The quantitative estimate of drug-likeness (QED) is 0.644. The fourth-order valence-electron chi connectivity index (χ4n) is 3.04. The Hall–Kier alpha value is -3.29. The average molecular weight is 370 g/mol. The van der Waals surface area contributed by atoms with Crippen molar-refractivity contribution >= 4 is 23.1 Å². The van der Waals surface area contributed by atoms with Crippen LogP contribution in [0.2, 0.25) is 0 Å². The van der Waals surface area contributed by atoms with E-state index in [2.05, 4.69) is 5.32 Å². The van der Waals surface area contributed by atoms with Gasteiger partial charge in [-0.2, -0.15) is 0 Å². The van der Waals surface area contributed by atoms with Gasteiger partial charge in [0.2, 0.25) is 0 Å². The van der Waals surface area contributed by atoms with Crippen LogP contribution in [0.3, 0.4) is 0 Å². The molecule has 0 unspecified atom stereocenters. The summed E-state index contributed by atoms with van der Waals surface area (Å²) in [6, 6.07) is 13.7. The Morgan fingerprint density at radius 3 is 2.41 bits per heavy atom. The Balaban J connectivity index is 1.57. The van der Waals surface area contributed by atoms with Crippen LogP contribution in [0.5, 0.6) is 5.75 Å². The molecule has 2 amide bonds. The van der Waals surface area contributed by atoms with Gasteiger partial charge in [-0.25, -0.2) is 4.79 Å². The number of benzene rings is 2. The third-order valence-corrected chi connectivity index (χ3v) is 4.40. The van der Waals surface area contributed by atoms with Crippen LogP contribution in [0, 0.1) is 10.1 Å². The number of carbonyl (C=O) groups excluding carboxylic acids is 1. The molecule has 2 aromatic carbocycles. The summed E-state index contributed by atoms with van der Waals surface area (Å²) in [6.07, 6.45) is 0. The number of nitro benzene ring substituents is 1. The third kappa shape index (κ3) is 4.46. The van der Waals surface area contributed by atoms with Crippen molar-refractivity contribution in [3.8, 4) is 5.75 Å². The summed E-state index contributed by atoms with van der Waals surface area (Å²) >= 11 is 0. The molecule has 1 aliphatic rings. The highest BCUT2D eigenvalue weighted by Gasteiger charge is 2.25. The maximum Gasteiger partial charge on any atom is 0.321 e. The summed E-state index contributed by atoms with van der Waals surface area (Å²) in [5.41, 5.74) is 1.38. The van der Waals surface area contributed by atoms with Crippen LogP contribution in [0.25, 0.3) is 0 Å². The van der Waals surface area contributed by atoms with Crippen molar-refractivity contribution in [2.45, 2.75) is 6.92 Å². The zero-order valence-electron chi connectivity index (χ0n) is 15.1. The Bertz CT molecular complexity index is 802. The third-order valence-electron chi connectivity index (χ3n) is 4.40. The van der Waals surface area contributed by atoms with Gasteiger partial charge >= 0.3 is 6.03 Å². The normalized spacial score (nSPS) is 14.0. The Labute approximate surface area is 157 Å². The van der Waals surface area contributed by atoms with E-state index in [0.717, 1.165) is 5.75 Å². The molecule has 2 aromatic rings. The van der Waals surface area contributed by atoms with Gasteiger partial charge in [-0.3, -0.25) is 10.1 Å². The fourth-order valence-corrected chi connectivity index (χ4v) is 3.04. The lowest BCUT2D eigenvalue weighted by atomic mass is 10.2. The van der Waals surface area contributed by atoms with Crippen LogP contribution in [-0.2, 0) is 0 Å². The van der Waals surface area contributed by atoms with Gasteiger partial charge in [0, 0.05) is 37.9 Å². The number of rotatable bonds is 5. The van der Waals surface area contributed by atoms with Gasteiger partial charge in [0.05, 0.1) is 11.5 Å². The molecule has 0 aromatic heterocycles. The number of piperazine rings is 1. The van der Waals surface area contributed by atoms with Crippen LogP contribution in [0.1, 0.15) is 6.92 Å². The van der Waals surface area contributed by atoms with Crippen molar-refractivity contribution in [3.05, 3.63) is 58.6 Å². The summed E-state index contributed by atoms with van der Waals surface area (Å²) in [5, 5.41) is 14.1. The van der Waals surface area contributed by atoms with E-state index >= 15 is 0 Å². The zero-order valence-corrected chi connectivity index (χ0v) is 15.1. The first-order valence-corrected chi connectivity index (χ1v) is 8.85. The molecule has 8 nitrogen and oxygen atoms in total. The standard InChI is InChI=1S/C19H22N4O4/c1-2-27-16-9-7-15(8-10-16)20-19(24)22-13-11-21(12-14-22)17-5-3-4-6-18(17)23(25)26/h3-10H,2,11-14H2,1H3,(H,20,24). The minimum absolute atomic E-state index is 0.0878. The van der Waals surface area contributed by atoms with E-state index in [4.69, 9.17) is 4.74 Å². The highest BCUT2D eigenvalue weighted by Crippen LogP contribution is 2.28. The molecule has 1 N–H and O–H groups in total. The van der Waals surface area contributed by atoms with Crippen molar-refractivity contribution in [2.75, 3.05) is 43.0 Å². The smallest absolute Gasteiger partial charge is 0.321 e. The van der Waals surface area contributed by atoms with Gasteiger partial charge in [-0.1, -0.05) is 12.1 Å². The van der Waals surface area contributed by atoms with E-state index in [1.54, 1.807) is 35.2 Å². The van der Waals surface area contributed by atoms with Gasteiger partial charge in [-0.15, -0.1) is 0 Å². The maximum absolute atomic E-state index is 12.5. The average Bonchev–Trinajstić information content (AvgIpc) is 2.70. The molecule has 1 heterocycles. The molecule has 0 bridgehead atoms. The van der Waals surface area contributed by atoms with Gasteiger partial charge in [0.15, 0.2) is 0 Å². The number of nitrogens with one attached hydrogen (secondary N) is 1. The number of amides is 2. The van der Waals surface area contributed by atoms with E-state index in [0.29, 0.717) is 44.2 Å². The topological polar surface area (TPSA) is 88.0 Å². The van der Waals surface area contributed by atoms with E-state index < -0.39 is 0 Å². The van der Waals surface area contributed by atoms with Gasteiger partial charge in [-0.05, 0) is 37.3 Å². The molecule has 0 spiro atoms. The largest absolute Gasteiger partial charge is 0.494 e. The number of hydrogen-bond acceptors (Lipinski definition) is 5. The first-order valence-electron chi connectivity index (χ1n) is 8.85. The number of urea groups is 1. The molecule has 0 saturated carbocycles. The molecule has 142 valence electrons. The Morgan fingerprint density at radius 1 is 1.11 bits per heavy atom. The second-order valence-electron chi connectivity index (χ2n) is 6.11. The predicted molar refractivity (Wildman–Crippen MR) is 104 cm³/mol. The predicted octanol–water partition coefficient (Wildman–Crippen LogP) is 3.35. The molecule has 0 atom stereocenters. The first-order chi connectivity index (χ1) is 13.1. The molecule has 1 fully saturated rings. The molecule has 27 heavy (non-hydrogen) atoms. The molecule has 1 saturated heterocycles. The SMILES string of the molecule is CCOc1ccc(NC(=O)N2CCN(c3ccccc3[N+](=O)[O-])CC2)cc1. The molecule has 3 rings (SSSR count). The highest BCUT2D eigenvalue weighted by atomic mass is 16.6. The van der Waals surface area contributed by atoms with Crippen LogP contribution >= 0.6 is 0 Å². The van der Waals surface area contributed by atoms with Crippen molar-refractivity contribution < 1.29 is 14.5 Å². The van der Waals surface area contributed by atoms with Crippen LogP contribution in [0.4, 0.5) is 21.9 Å². The van der Waals surface area contributed by atoms with Crippen molar-refractivity contribution in [1.82, 2.24) is 4.90 Å². The summed E-state index contributed by atoms with van der Waals surface area (Å²) in [7, 11) is 0. The molecular formula is C19H22N4O4. The van der Waals surface area contributed by atoms with Crippen LogP contribution in [-0.4, -0.2) is 48.6 Å². The second-order valence-corrected chi connectivity index (χ2v) is 6.11. The number of carbonyl (C=O) groups is 1. The van der Waals surface area contributed by atoms with Gasteiger partial charge in [0.1, 0.15) is 11.4 Å². The van der Waals surface area contributed by atoms with Crippen molar-refractivity contribution in [1.29, 1.82) is 0 Å². The van der Waals surface area contributed by atoms with Crippen molar-refractivity contribution in [3.63, 3.8) is 0 Å². The van der Waals surface area contributed by atoms with E-state index in [-0.39, 0.29) is 16.6 Å². The van der Waals surface area contributed by atoms with Crippen LogP contribution in [0.15, 0.2) is 48.5 Å². The molecular weight excluding hydrogens is 348 g/mol. The lowest BCUT2D eigenvalue weighted by molar-refractivity contribution is -0.384. The summed E-state index contributed by atoms with van der Waals surface area (Å²) in [5.74, 6) is 0.758. The van der Waals surface area contributed by atoms with Crippen LogP contribution < -0.4 is 15.0 Å². The number of para-hydroxylation sites is 2. The summed E-state index contributed by atoms with van der Waals surface area (Å²) in [4.78, 5) is 26.9. The Morgan fingerprint density at radius 2 is 1.78 bits per heavy atom. The minimum atomic E-state index is -0.375. The molecule has 0 aliphatic carbocycles. The van der Waals surface area contributed by atoms with E-state index in [9.17, 15) is 14.9 Å². The lowest BCUT2D eigenvalue weighted by Gasteiger charge is -2.35. The number of nitro groups is 1. The van der Waals surface area contributed by atoms with E-state index in [1.807, 2.05) is 24.0 Å². The number of nitrogens with zero attached hydrogens (tertiary/aromatic N) is 3. The first kappa shape index (κ1) is 18.5. The maximum atomic E-state index is 12.5. The monoisotopic (exact) mass is 370 g/mol. The highest BCUT2D eigenvalue weighted by molar-refractivity contribution is 5.89. The molecule has 0 radical (unpaired) electrons. The van der Waals surface area contributed by atoms with Gasteiger partial charge < -0.3 is 19.9 Å². The van der Waals surface area contributed by atoms with Crippen molar-refractivity contribution in [2.24, 2.45) is 0 Å². The second kappa shape index (κ2) is 8.39. The molecule has 1 aliphatic heterocycles. The lowest BCUT2D eigenvalue weighted by Crippen LogP contribution is -2.50. The number of ether oxygens (including phenoxy) is 1. The number of hydrogen-bond donors (Lipinski definition) is 1. The summed E-state index contributed by atoms with van der Waals surface area (Å²) < 4.78 is 5.39. The zero-order chi connectivity index (χ0) is 19.2. The molecule has 8 heteroatoms. The minimum Gasteiger partial charge on any atom is -0.494 e. The number of anilines is 2. The Kier molecular flexibility index (Phi) is 5.75.